The first kappa shape index (κ1) is 16.6. The molecule has 24 heavy (non-hydrogen) atoms. The van der Waals surface area contributed by atoms with Gasteiger partial charge in [-0.25, -0.2) is 4.98 Å². The van der Waals surface area contributed by atoms with Gasteiger partial charge in [0.1, 0.15) is 11.9 Å². The molecule has 128 valence electrons. The minimum absolute atomic E-state index is 0.119. The Bertz CT molecular complexity index is 781. The summed E-state index contributed by atoms with van der Waals surface area (Å²) in [6, 6.07) is 6.88. The Hall–Kier alpha value is -2.25. The van der Waals surface area contributed by atoms with Crippen molar-refractivity contribution < 1.29 is 9.90 Å². The number of hydrogen-bond acceptors (Lipinski definition) is 5. The summed E-state index contributed by atoms with van der Waals surface area (Å²) in [7, 11) is 0. The highest BCUT2D eigenvalue weighted by atomic mass is 16.4. The monoisotopic (exact) mass is 330 g/mol. The standard InChI is InChI=1S/C17H22N4O3/c1-2-14(17(23)24)21-9-7-20(8-10-21)11-15-18-13-6-4-3-5-12(13)16(22)19-15/h3-6,14H,2,7-11H2,1H3,(H,23,24)(H,18,19,22). The number of rotatable bonds is 5. The van der Waals surface area contributed by atoms with Crippen molar-refractivity contribution in [3.05, 3.63) is 40.4 Å². The van der Waals surface area contributed by atoms with E-state index < -0.39 is 12.0 Å². The van der Waals surface area contributed by atoms with Gasteiger partial charge in [0.05, 0.1) is 17.4 Å². The molecule has 0 radical (unpaired) electrons. The maximum atomic E-state index is 12.1. The molecule has 2 aromatic rings. The van der Waals surface area contributed by atoms with Gasteiger partial charge < -0.3 is 10.1 Å². The Labute approximate surface area is 139 Å². The number of hydrogen-bond donors (Lipinski definition) is 2. The van der Waals surface area contributed by atoms with Gasteiger partial charge in [-0.05, 0) is 18.6 Å². The predicted molar refractivity (Wildman–Crippen MR) is 90.9 cm³/mol. The molecule has 1 aromatic carbocycles. The minimum atomic E-state index is -0.758. The Morgan fingerprint density at radius 1 is 1.29 bits per heavy atom. The topological polar surface area (TPSA) is 89.5 Å². The molecule has 1 aliphatic rings. The van der Waals surface area contributed by atoms with Crippen LogP contribution in [0.25, 0.3) is 10.9 Å². The van der Waals surface area contributed by atoms with Crippen molar-refractivity contribution in [2.24, 2.45) is 0 Å². The predicted octanol–water partition coefficient (Wildman–Crippen LogP) is 0.904. The number of carboxylic acids is 1. The van der Waals surface area contributed by atoms with Crippen LogP contribution in [0.15, 0.2) is 29.1 Å². The number of carbonyl (C=O) groups is 1. The average molecular weight is 330 g/mol. The van der Waals surface area contributed by atoms with Gasteiger partial charge in [-0.15, -0.1) is 0 Å². The summed E-state index contributed by atoms with van der Waals surface area (Å²) in [5.41, 5.74) is 0.581. The van der Waals surface area contributed by atoms with E-state index in [1.807, 2.05) is 30.0 Å². The summed E-state index contributed by atoms with van der Waals surface area (Å²) in [4.78, 5) is 34.9. The van der Waals surface area contributed by atoms with Gasteiger partial charge in [0.2, 0.25) is 0 Å². The molecule has 7 nitrogen and oxygen atoms in total. The molecule has 0 aliphatic carbocycles. The summed E-state index contributed by atoms with van der Waals surface area (Å²) in [6.45, 7) is 5.42. The van der Waals surface area contributed by atoms with Gasteiger partial charge in [0, 0.05) is 26.2 Å². The molecule has 0 spiro atoms. The highest BCUT2D eigenvalue weighted by molar-refractivity contribution is 5.77. The number of piperazine rings is 1. The first-order valence-corrected chi connectivity index (χ1v) is 8.25. The van der Waals surface area contributed by atoms with Crippen LogP contribution in [0.2, 0.25) is 0 Å². The maximum Gasteiger partial charge on any atom is 0.320 e. The van der Waals surface area contributed by atoms with Crippen LogP contribution in [-0.2, 0) is 11.3 Å². The zero-order valence-electron chi connectivity index (χ0n) is 13.7. The van der Waals surface area contributed by atoms with Gasteiger partial charge in [-0.3, -0.25) is 19.4 Å². The van der Waals surface area contributed by atoms with Gasteiger partial charge in [0.15, 0.2) is 0 Å². The molecule has 2 N–H and O–H groups in total. The maximum absolute atomic E-state index is 12.1. The van der Waals surface area contributed by atoms with Crippen molar-refractivity contribution in [1.82, 2.24) is 19.8 Å². The smallest absolute Gasteiger partial charge is 0.320 e. The molecule has 0 saturated carbocycles. The number of para-hydroxylation sites is 1. The number of carboxylic acid groups (broad SMARTS) is 1. The van der Waals surface area contributed by atoms with Crippen LogP contribution in [0, 0.1) is 0 Å². The van der Waals surface area contributed by atoms with E-state index in [0.717, 1.165) is 13.1 Å². The zero-order valence-corrected chi connectivity index (χ0v) is 13.7. The van der Waals surface area contributed by atoms with Crippen molar-refractivity contribution in [3.8, 4) is 0 Å². The summed E-state index contributed by atoms with van der Waals surface area (Å²) in [5.74, 6) is -0.107. The number of benzene rings is 1. The first-order valence-electron chi connectivity index (χ1n) is 8.25. The average Bonchev–Trinajstić information content (AvgIpc) is 2.57. The molecule has 1 aromatic heterocycles. The van der Waals surface area contributed by atoms with E-state index in [2.05, 4.69) is 14.9 Å². The van der Waals surface area contributed by atoms with Crippen LogP contribution in [0.1, 0.15) is 19.2 Å². The first-order chi connectivity index (χ1) is 11.6. The molecular weight excluding hydrogens is 308 g/mol. The van der Waals surface area contributed by atoms with Crippen molar-refractivity contribution in [1.29, 1.82) is 0 Å². The summed E-state index contributed by atoms with van der Waals surface area (Å²) >= 11 is 0. The number of aromatic amines is 1. The van der Waals surface area contributed by atoms with Crippen LogP contribution in [0.3, 0.4) is 0 Å². The van der Waals surface area contributed by atoms with E-state index in [0.29, 0.717) is 42.8 Å². The molecule has 1 saturated heterocycles. The molecule has 1 aliphatic heterocycles. The molecule has 7 heteroatoms. The second kappa shape index (κ2) is 7.11. The Kier molecular flexibility index (Phi) is 4.92. The molecule has 1 fully saturated rings. The van der Waals surface area contributed by atoms with Gasteiger partial charge in [-0.2, -0.15) is 0 Å². The van der Waals surface area contributed by atoms with Crippen LogP contribution in [-0.4, -0.2) is 63.1 Å². The number of aliphatic carboxylic acids is 1. The fourth-order valence-corrected chi connectivity index (χ4v) is 3.24. The number of aromatic nitrogens is 2. The SMILES string of the molecule is CCC(C(=O)O)N1CCN(Cc2nc3ccccc3c(=O)[nH]2)CC1. The second-order valence-corrected chi connectivity index (χ2v) is 6.10. The fraction of sp³-hybridized carbons (Fsp3) is 0.471. The third-order valence-electron chi connectivity index (χ3n) is 4.55. The molecular formula is C17H22N4O3. The van der Waals surface area contributed by atoms with E-state index in [1.54, 1.807) is 6.07 Å². The Morgan fingerprint density at radius 2 is 2.00 bits per heavy atom. The van der Waals surface area contributed by atoms with E-state index in [1.165, 1.54) is 0 Å². The summed E-state index contributed by atoms with van der Waals surface area (Å²) in [5, 5.41) is 9.85. The minimum Gasteiger partial charge on any atom is -0.480 e. The molecule has 3 rings (SSSR count). The quantitative estimate of drug-likeness (QED) is 0.847. The Balaban J connectivity index is 1.66. The van der Waals surface area contributed by atoms with E-state index in [-0.39, 0.29) is 5.56 Å². The van der Waals surface area contributed by atoms with E-state index >= 15 is 0 Å². The number of nitrogens with zero attached hydrogens (tertiary/aromatic N) is 3. The van der Waals surface area contributed by atoms with Gasteiger partial charge in [-0.1, -0.05) is 19.1 Å². The van der Waals surface area contributed by atoms with Crippen LogP contribution < -0.4 is 5.56 Å². The van der Waals surface area contributed by atoms with Crippen molar-refractivity contribution >= 4 is 16.9 Å². The van der Waals surface area contributed by atoms with Gasteiger partial charge in [0.25, 0.3) is 5.56 Å². The largest absolute Gasteiger partial charge is 0.480 e. The summed E-state index contributed by atoms with van der Waals surface area (Å²) < 4.78 is 0. The van der Waals surface area contributed by atoms with E-state index in [4.69, 9.17) is 0 Å². The summed E-state index contributed by atoms with van der Waals surface area (Å²) in [6.07, 6.45) is 0.606. The van der Waals surface area contributed by atoms with Gasteiger partial charge >= 0.3 is 5.97 Å². The molecule has 2 heterocycles. The lowest BCUT2D eigenvalue weighted by molar-refractivity contribution is -0.144. The highest BCUT2D eigenvalue weighted by Crippen LogP contribution is 2.12. The number of nitrogens with one attached hydrogen (secondary N) is 1. The zero-order chi connectivity index (χ0) is 17.1. The lowest BCUT2D eigenvalue weighted by atomic mass is 10.1. The van der Waals surface area contributed by atoms with Crippen molar-refractivity contribution in [2.45, 2.75) is 25.9 Å². The van der Waals surface area contributed by atoms with Crippen molar-refractivity contribution in [3.63, 3.8) is 0 Å². The number of H-pyrrole nitrogens is 1. The second-order valence-electron chi connectivity index (χ2n) is 6.10. The number of fused-ring (bicyclic) bond motifs is 1. The normalized spacial score (nSPS) is 17.9. The molecule has 1 atom stereocenters. The highest BCUT2D eigenvalue weighted by Gasteiger charge is 2.27. The third-order valence-corrected chi connectivity index (χ3v) is 4.55. The van der Waals surface area contributed by atoms with Crippen LogP contribution in [0.5, 0.6) is 0 Å². The van der Waals surface area contributed by atoms with E-state index in [9.17, 15) is 14.7 Å². The molecule has 0 amide bonds. The van der Waals surface area contributed by atoms with Crippen LogP contribution in [0.4, 0.5) is 0 Å². The third kappa shape index (κ3) is 3.47. The Morgan fingerprint density at radius 3 is 2.67 bits per heavy atom. The molecule has 1 unspecified atom stereocenters. The lowest BCUT2D eigenvalue weighted by Gasteiger charge is -2.37. The fourth-order valence-electron chi connectivity index (χ4n) is 3.24. The lowest BCUT2D eigenvalue weighted by Crippen LogP contribution is -2.52. The molecule has 0 bridgehead atoms. The van der Waals surface area contributed by atoms with Crippen LogP contribution >= 0.6 is 0 Å². The van der Waals surface area contributed by atoms with Crippen molar-refractivity contribution in [2.75, 3.05) is 26.2 Å².